The molecule has 0 fully saturated rings. The summed E-state index contributed by atoms with van der Waals surface area (Å²) in [5.41, 5.74) is 2.82. The van der Waals surface area contributed by atoms with E-state index in [4.69, 9.17) is 27.9 Å². The molecule has 0 atom stereocenters. The Bertz CT molecular complexity index is 1430. The Morgan fingerprint density at radius 2 is 1.59 bits per heavy atom. The van der Waals surface area contributed by atoms with E-state index in [9.17, 15) is 14.4 Å². The summed E-state index contributed by atoms with van der Waals surface area (Å²) in [6.45, 7) is 0. The van der Waals surface area contributed by atoms with Crippen LogP contribution in [0.25, 0.3) is 10.1 Å². The van der Waals surface area contributed by atoms with Crippen molar-refractivity contribution in [1.29, 1.82) is 0 Å². The van der Waals surface area contributed by atoms with Gasteiger partial charge in [0.25, 0.3) is 0 Å². The minimum Gasteiger partial charge on any atom is -0.422 e. The highest BCUT2D eigenvalue weighted by atomic mass is 35.5. The summed E-state index contributed by atoms with van der Waals surface area (Å²) in [4.78, 5) is 37.1. The normalized spacial score (nSPS) is 10.9. The fourth-order valence-electron chi connectivity index (χ4n) is 2.92. The van der Waals surface area contributed by atoms with Gasteiger partial charge in [-0.25, -0.2) is 10.2 Å². The summed E-state index contributed by atoms with van der Waals surface area (Å²) >= 11 is 13.6. The molecule has 2 N–H and O–H groups in total. The summed E-state index contributed by atoms with van der Waals surface area (Å²) in [6.07, 6.45) is 1.26. The number of esters is 1. The van der Waals surface area contributed by atoms with E-state index < -0.39 is 17.8 Å². The molecule has 0 aliphatic carbocycles. The van der Waals surface area contributed by atoms with Crippen molar-refractivity contribution in [2.75, 3.05) is 5.32 Å². The Balaban J connectivity index is 1.43. The van der Waals surface area contributed by atoms with Crippen molar-refractivity contribution in [2.45, 2.75) is 0 Å². The molecule has 1 aromatic heterocycles. The van der Waals surface area contributed by atoms with Gasteiger partial charge in [-0.3, -0.25) is 9.59 Å². The van der Waals surface area contributed by atoms with Gasteiger partial charge in [-0.1, -0.05) is 65.7 Å². The number of ether oxygens (including phenoxy) is 1. The minimum atomic E-state index is -0.997. The van der Waals surface area contributed by atoms with Crippen LogP contribution in [0.2, 0.25) is 10.0 Å². The van der Waals surface area contributed by atoms with Crippen LogP contribution < -0.4 is 15.5 Å². The number of thiophene rings is 1. The monoisotopic (exact) mass is 511 g/mol. The lowest BCUT2D eigenvalue weighted by Crippen LogP contribution is -2.32. The number of nitrogens with one attached hydrogen (secondary N) is 2. The van der Waals surface area contributed by atoms with Gasteiger partial charge in [-0.05, 0) is 30.3 Å². The number of amides is 2. The first-order valence-electron chi connectivity index (χ1n) is 9.81. The molecule has 0 aliphatic heterocycles. The summed E-state index contributed by atoms with van der Waals surface area (Å²) in [5.74, 6) is -2.35. The number of carbonyl (C=O) groups is 3. The molecule has 4 aromatic rings. The zero-order valence-electron chi connectivity index (χ0n) is 17.2. The predicted octanol–water partition coefficient (Wildman–Crippen LogP) is 5.52. The van der Waals surface area contributed by atoms with Crippen LogP contribution in [-0.4, -0.2) is 24.0 Å². The van der Waals surface area contributed by atoms with E-state index in [-0.39, 0.29) is 10.6 Å². The van der Waals surface area contributed by atoms with Crippen molar-refractivity contribution in [3.05, 3.63) is 93.3 Å². The smallest absolute Gasteiger partial charge is 0.355 e. The maximum Gasteiger partial charge on any atom is 0.355 e. The van der Waals surface area contributed by atoms with E-state index in [1.807, 2.05) is 24.3 Å². The van der Waals surface area contributed by atoms with Crippen LogP contribution in [0, 0.1) is 0 Å². The van der Waals surface area contributed by atoms with Crippen LogP contribution in [0.1, 0.15) is 15.2 Å². The number of hydrogen-bond donors (Lipinski definition) is 2. The van der Waals surface area contributed by atoms with Crippen LogP contribution in [0.4, 0.5) is 5.69 Å². The number of hydrogen-bond acceptors (Lipinski definition) is 6. The third-order valence-corrected chi connectivity index (χ3v) is 6.53. The predicted molar refractivity (Wildman–Crippen MR) is 134 cm³/mol. The maximum absolute atomic E-state index is 12.8. The molecule has 170 valence electrons. The molecule has 3 aromatic carbocycles. The van der Waals surface area contributed by atoms with Gasteiger partial charge < -0.3 is 10.1 Å². The summed E-state index contributed by atoms with van der Waals surface area (Å²) < 4.78 is 6.40. The second kappa shape index (κ2) is 10.5. The van der Waals surface area contributed by atoms with E-state index >= 15 is 0 Å². The number of fused-ring (bicyclic) bond motifs is 1. The van der Waals surface area contributed by atoms with Gasteiger partial charge >= 0.3 is 17.8 Å². The van der Waals surface area contributed by atoms with E-state index in [1.54, 1.807) is 48.5 Å². The number of benzene rings is 3. The lowest BCUT2D eigenvalue weighted by molar-refractivity contribution is -0.136. The number of hydrazone groups is 1. The van der Waals surface area contributed by atoms with Gasteiger partial charge in [0.1, 0.15) is 10.6 Å². The number of nitrogens with zero attached hydrogens (tertiary/aromatic N) is 1. The van der Waals surface area contributed by atoms with Gasteiger partial charge in [0.05, 0.1) is 21.9 Å². The van der Waals surface area contributed by atoms with Gasteiger partial charge in [0.15, 0.2) is 0 Å². The summed E-state index contributed by atoms with van der Waals surface area (Å²) in [7, 11) is 0. The van der Waals surface area contributed by atoms with Crippen molar-refractivity contribution >= 4 is 74.3 Å². The van der Waals surface area contributed by atoms with Gasteiger partial charge in [-0.15, -0.1) is 11.3 Å². The Morgan fingerprint density at radius 3 is 2.38 bits per heavy atom. The molecular formula is C24H15Cl2N3O4S. The number of carbonyl (C=O) groups excluding carboxylic acids is 3. The van der Waals surface area contributed by atoms with Crippen LogP contribution in [-0.2, 0) is 9.59 Å². The molecule has 0 aliphatic rings. The molecule has 0 bridgehead atoms. The maximum atomic E-state index is 12.8. The van der Waals surface area contributed by atoms with Crippen LogP contribution in [0.3, 0.4) is 0 Å². The minimum absolute atomic E-state index is 0.208. The quantitative estimate of drug-likeness (QED) is 0.121. The highest BCUT2D eigenvalue weighted by Crippen LogP contribution is 2.36. The summed E-state index contributed by atoms with van der Waals surface area (Å²) in [6, 6.07) is 20.5. The molecule has 4 rings (SSSR count). The second-order valence-corrected chi connectivity index (χ2v) is 8.64. The zero-order chi connectivity index (χ0) is 24.1. The van der Waals surface area contributed by atoms with Gasteiger partial charge in [0.2, 0.25) is 0 Å². The second-order valence-electron chi connectivity index (χ2n) is 6.80. The average Bonchev–Trinajstić information content (AvgIpc) is 3.18. The molecule has 0 saturated heterocycles. The lowest BCUT2D eigenvalue weighted by atomic mass is 10.2. The Hall–Kier alpha value is -3.72. The fourth-order valence-corrected chi connectivity index (χ4v) is 4.49. The molecule has 7 nitrogen and oxygen atoms in total. The molecule has 2 amide bonds. The Labute approximate surface area is 207 Å². The molecule has 0 spiro atoms. The third-order valence-electron chi connectivity index (χ3n) is 4.54. The zero-order valence-corrected chi connectivity index (χ0v) is 19.6. The molecular weight excluding hydrogens is 497 g/mol. The summed E-state index contributed by atoms with van der Waals surface area (Å²) in [5, 5.41) is 7.57. The first kappa shape index (κ1) is 23.4. The van der Waals surface area contributed by atoms with Gasteiger partial charge in [0, 0.05) is 15.6 Å². The SMILES string of the molecule is O=C(NN=Cc1ccccc1OC(=O)c1sc2ccccc2c1Cl)C(=O)Nc1ccccc1Cl. The number of anilines is 1. The van der Waals surface area contributed by atoms with Gasteiger partial charge in [-0.2, -0.15) is 5.10 Å². The third kappa shape index (κ3) is 5.26. The van der Waals surface area contributed by atoms with Crippen molar-refractivity contribution < 1.29 is 19.1 Å². The first-order valence-corrected chi connectivity index (χ1v) is 11.4. The fraction of sp³-hybridized carbons (Fsp3) is 0. The van der Waals surface area contributed by atoms with Crippen LogP contribution in [0.15, 0.2) is 77.9 Å². The number of para-hydroxylation sites is 2. The largest absolute Gasteiger partial charge is 0.422 e. The van der Waals surface area contributed by atoms with E-state index in [0.29, 0.717) is 21.3 Å². The molecule has 0 radical (unpaired) electrons. The van der Waals surface area contributed by atoms with Crippen LogP contribution in [0.5, 0.6) is 5.75 Å². The highest BCUT2D eigenvalue weighted by Gasteiger charge is 2.20. The standard InChI is InChI=1S/C24H15Cl2N3O4S/c25-16-9-3-4-10-17(16)28-22(30)23(31)29-27-13-14-7-1-5-11-18(14)33-24(32)21-20(26)15-8-2-6-12-19(15)34-21/h1-13H,(H,28,30)(H,29,31). The first-order chi connectivity index (χ1) is 16.4. The van der Waals surface area contributed by atoms with E-state index in [0.717, 1.165) is 10.1 Å². The molecule has 1 heterocycles. The van der Waals surface area contributed by atoms with Crippen LogP contribution >= 0.6 is 34.5 Å². The van der Waals surface area contributed by atoms with Crippen molar-refractivity contribution in [3.8, 4) is 5.75 Å². The highest BCUT2D eigenvalue weighted by molar-refractivity contribution is 7.21. The molecule has 0 saturated carbocycles. The molecule has 0 unspecified atom stereocenters. The van der Waals surface area contributed by atoms with Crippen molar-refractivity contribution in [1.82, 2.24) is 5.43 Å². The molecule has 34 heavy (non-hydrogen) atoms. The Kier molecular flexibility index (Phi) is 7.22. The lowest BCUT2D eigenvalue weighted by Gasteiger charge is -2.07. The van der Waals surface area contributed by atoms with E-state index in [2.05, 4.69) is 15.8 Å². The number of halogens is 2. The molecule has 10 heteroatoms. The average molecular weight is 512 g/mol. The number of rotatable bonds is 5. The van der Waals surface area contributed by atoms with E-state index in [1.165, 1.54) is 17.6 Å². The van der Waals surface area contributed by atoms with Crippen molar-refractivity contribution in [2.24, 2.45) is 5.10 Å². The Morgan fingerprint density at radius 1 is 0.882 bits per heavy atom. The van der Waals surface area contributed by atoms with Crippen molar-refractivity contribution in [3.63, 3.8) is 0 Å². The topological polar surface area (TPSA) is 96.9 Å².